The van der Waals surface area contributed by atoms with Crippen molar-refractivity contribution in [3.8, 4) is 10.7 Å². The second-order valence-electron chi connectivity index (χ2n) is 7.73. The lowest BCUT2D eigenvalue weighted by Gasteiger charge is -2.22. The largest absolute Gasteiger partial charge is 0.341 e. The number of benzene rings is 1. The van der Waals surface area contributed by atoms with Crippen molar-refractivity contribution in [3.63, 3.8) is 0 Å². The van der Waals surface area contributed by atoms with Gasteiger partial charge in [-0.05, 0) is 42.6 Å². The van der Waals surface area contributed by atoms with Crippen LogP contribution in [0.1, 0.15) is 24.0 Å². The molecule has 0 bridgehead atoms. The average Bonchev–Trinajstić information content (AvgIpc) is 3.33. The molecule has 0 saturated carbocycles. The van der Waals surface area contributed by atoms with Gasteiger partial charge in [-0.1, -0.05) is 35.9 Å². The normalized spacial score (nSPS) is 15.3. The van der Waals surface area contributed by atoms with E-state index in [1.165, 1.54) is 11.1 Å². The summed E-state index contributed by atoms with van der Waals surface area (Å²) in [5, 5.41) is 9.22. The molecule has 3 heterocycles. The molecule has 30 heavy (non-hydrogen) atoms. The van der Waals surface area contributed by atoms with Crippen LogP contribution in [-0.4, -0.2) is 56.7 Å². The maximum atomic E-state index is 12.9. The van der Waals surface area contributed by atoms with Crippen molar-refractivity contribution in [2.75, 3.05) is 26.2 Å². The summed E-state index contributed by atoms with van der Waals surface area (Å²) in [7, 11) is 0. The van der Waals surface area contributed by atoms with Crippen molar-refractivity contribution in [2.24, 2.45) is 0 Å². The first-order valence-electron chi connectivity index (χ1n) is 10.3. The van der Waals surface area contributed by atoms with E-state index in [9.17, 15) is 4.79 Å². The minimum atomic E-state index is 0.187. The Balaban J connectivity index is 1.32. The Morgan fingerprint density at radius 2 is 2.00 bits per heavy atom. The highest BCUT2D eigenvalue weighted by atomic mass is 32.1. The van der Waals surface area contributed by atoms with Gasteiger partial charge >= 0.3 is 0 Å². The Hall–Kier alpha value is -2.29. The maximum Gasteiger partial charge on any atom is 0.224 e. The molecule has 1 aliphatic rings. The lowest BCUT2D eigenvalue weighted by atomic mass is 10.1. The molecule has 1 aliphatic heterocycles. The third-order valence-electron chi connectivity index (χ3n) is 5.52. The fourth-order valence-electron chi connectivity index (χ4n) is 3.81. The molecule has 1 saturated heterocycles. The van der Waals surface area contributed by atoms with E-state index in [4.69, 9.17) is 12.2 Å². The number of aromatic nitrogens is 3. The van der Waals surface area contributed by atoms with Crippen LogP contribution in [0.15, 0.2) is 41.8 Å². The topological polar surface area (TPSA) is 57.2 Å². The Labute approximate surface area is 186 Å². The van der Waals surface area contributed by atoms with Crippen molar-refractivity contribution in [3.05, 3.63) is 57.7 Å². The summed E-state index contributed by atoms with van der Waals surface area (Å²) < 4.78 is 2.49. The van der Waals surface area contributed by atoms with Gasteiger partial charge in [0.1, 0.15) is 0 Å². The SMILES string of the molecule is Cc1ccc(CN2CCCN(C(=O)CCn3c(-c4cccs4)n[nH]c3=S)CC2)cc1. The van der Waals surface area contributed by atoms with Gasteiger partial charge in [-0.2, -0.15) is 5.10 Å². The van der Waals surface area contributed by atoms with E-state index >= 15 is 0 Å². The first-order chi connectivity index (χ1) is 14.6. The monoisotopic (exact) mass is 441 g/mol. The number of amides is 1. The molecule has 0 aliphatic carbocycles. The van der Waals surface area contributed by atoms with Crippen molar-refractivity contribution in [1.29, 1.82) is 0 Å². The van der Waals surface area contributed by atoms with Crippen LogP contribution in [0.5, 0.6) is 0 Å². The van der Waals surface area contributed by atoms with Gasteiger partial charge in [0.05, 0.1) is 4.88 Å². The molecule has 0 spiro atoms. The minimum Gasteiger partial charge on any atom is -0.341 e. The standard InChI is InChI=1S/C22H27N5OS2/c1-17-5-7-18(8-6-17)16-25-10-3-11-26(14-13-25)20(28)9-12-27-21(23-24-22(27)29)19-4-2-15-30-19/h2,4-8,15H,3,9-14,16H2,1H3,(H,24,29). The third-order valence-corrected chi connectivity index (χ3v) is 6.69. The van der Waals surface area contributed by atoms with Gasteiger partial charge in [0.2, 0.25) is 5.91 Å². The summed E-state index contributed by atoms with van der Waals surface area (Å²) >= 11 is 7.00. The molecule has 3 aromatic rings. The van der Waals surface area contributed by atoms with Crippen LogP contribution in [0, 0.1) is 11.7 Å². The van der Waals surface area contributed by atoms with Gasteiger partial charge in [-0.25, -0.2) is 0 Å². The molecule has 0 atom stereocenters. The third kappa shape index (κ3) is 5.06. The molecule has 1 fully saturated rings. The number of hydrogen-bond donors (Lipinski definition) is 1. The zero-order valence-electron chi connectivity index (χ0n) is 17.2. The van der Waals surface area contributed by atoms with Gasteiger partial charge in [0.25, 0.3) is 0 Å². The molecule has 158 valence electrons. The number of thiophene rings is 1. The van der Waals surface area contributed by atoms with Crippen LogP contribution < -0.4 is 0 Å². The molecule has 0 unspecified atom stereocenters. The molecule has 6 nitrogen and oxygen atoms in total. The van der Waals surface area contributed by atoms with Crippen LogP contribution >= 0.6 is 23.6 Å². The molecule has 4 rings (SSSR count). The van der Waals surface area contributed by atoms with Gasteiger partial charge < -0.3 is 4.90 Å². The number of aryl methyl sites for hydroxylation is 1. The summed E-state index contributed by atoms with van der Waals surface area (Å²) in [6, 6.07) is 12.7. The molecule has 8 heteroatoms. The number of carbonyl (C=O) groups excluding carboxylic acids is 1. The number of nitrogens with zero attached hydrogens (tertiary/aromatic N) is 4. The lowest BCUT2D eigenvalue weighted by molar-refractivity contribution is -0.131. The van der Waals surface area contributed by atoms with Crippen LogP contribution in [0.3, 0.4) is 0 Å². The van der Waals surface area contributed by atoms with E-state index in [1.807, 2.05) is 27.0 Å². The Morgan fingerprint density at radius 1 is 1.17 bits per heavy atom. The summed E-state index contributed by atoms with van der Waals surface area (Å²) in [4.78, 5) is 18.4. The molecule has 1 amide bonds. The second kappa shape index (κ2) is 9.68. The van der Waals surface area contributed by atoms with Gasteiger partial charge in [0, 0.05) is 45.7 Å². The van der Waals surface area contributed by atoms with E-state index < -0.39 is 0 Å². The summed E-state index contributed by atoms with van der Waals surface area (Å²) in [6.45, 7) is 7.12. The quantitative estimate of drug-likeness (QED) is 0.585. The molecule has 1 N–H and O–H groups in total. The van der Waals surface area contributed by atoms with E-state index in [1.54, 1.807) is 11.3 Å². The van der Waals surface area contributed by atoms with Crippen molar-refractivity contribution >= 4 is 29.5 Å². The van der Waals surface area contributed by atoms with E-state index in [2.05, 4.69) is 46.3 Å². The Morgan fingerprint density at radius 3 is 2.77 bits per heavy atom. The van der Waals surface area contributed by atoms with Crippen LogP contribution in [0.2, 0.25) is 0 Å². The number of carbonyl (C=O) groups is 1. The maximum absolute atomic E-state index is 12.9. The summed E-state index contributed by atoms with van der Waals surface area (Å²) in [5.74, 6) is 0.996. The van der Waals surface area contributed by atoms with Crippen LogP contribution in [0.25, 0.3) is 10.7 Å². The van der Waals surface area contributed by atoms with Crippen LogP contribution in [-0.2, 0) is 17.9 Å². The average molecular weight is 442 g/mol. The zero-order chi connectivity index (χ0) is 20.9. The Bertz CT molecular complexity index is 1020. The second-order valence-corrected chi connectivity index (χ2v) is 9.06. The smallest absolute Gasteiger partial charge is 0.224 e. The highest BCUT2D eigenvalue weighted by molar-refractivity contribution is 7.71. The fraction of sp³-hybridized carbons (Fsp3) is 0.409. The first-order valence-corrected chi connectivity index (χ1v) is 11.6. The predicted octanol–water partition coefficient (Wildman–Crippen LogP) is 4.10. The highest BCUT2D eigenvalue weighted by Gasteiger charge is 2.20. The van der Waals surface area contributed by atoms with Crippen molar-refractivity contribution in [2.45, 2.75) is 32.9 Å². The number of hydrogen-bond acceptors (Lipinski definition) is 5. The predicted molar refractivity (Wildman–Crippen MR) is 123 cm³/mol. The lowest BCUT2D eigenvalue weighted by Crippen LogP contribution is -2.35. The molecule has 1 aromatic carbocycles. The summed E-state index contributed by atoms with van der Waals surface area (Å²) in [5.41, 5.74) is 2.61. The van der Waals surface area contributed by atoms with Crippen LogP contribution in [0.4, 0.5) is 0 Å². The van der Waals surface area contributed by atoms with Gasteiger partial charge in [-0.15, -0.1) is 11.3 Å². The zero-order valence-corrected chi connectivity index (χ0v) is 18.8. The Kier molecular flexibility index (Phi) is 6.76. The van der Waals surface area contributed by atoms with Crippen molar-refractivity contribution in [1.82, 2.24) is 24.6 Å². The molecule has 0 radical (unpaired) electrons. The minimum absolute atomic E-state index is 0.187. The first kappa shape index (κ1) is 21.0. The number of H-pyrrole nitrogens is 1. The van der Waals surface area contributed by atoms with Gasteiger partial charge in [-0.3, -0.25) is 19.4 Å². The van der Waals surface area contributed by atoms with E-state index in [0.717, 1.165) is 49.8 Å². The molecular formula is C22H27N5OS2. The highest BCUT2D eigenvalue weighted by Crippen LogP contribution is 2.23. The summed E-state index contributed by atoms with van der Waals surface area (Å²) in [6.07, 6.45) is 1.44. The number of rotatable bonds is 6. The number of aromatic amines is 1. The molecule has 2 aromatic heterocycles. The van der Waals surface area contributed by atoms with Gasteiger partial charge in [0.15, 0.2) is 10.6 Å². The fourth-order valence-corrected chi connectivity index (χ4v) is 4.76. The van der Waals surface area contributed by atoms with E-state index in [-0.39, 0.29) is 5.91 Å². The number of nitrogens with one attached hydrogen (secondary N) is 1. The molecular weight excluding hydrogens is 414 g/mol. The van der Waals surface area contributed by atoms with E-state index in [0.29, 0.717) is 17.7 Å². The van der Waals surface area contributed by atoms with Crippen molar-refractivity contribution < 1.29 is 4.79 Å².